The fraction of sp³-hybridized carbons (Fsp3) is 0.237. The van der Waals surface area contributed by atoms with Crippen molar-refractivity contribution in [1.82, 2.24) is 4.90 Å². The van der Waals surface area contributed by atoms with Crippen molar-refractivity contribution in [2.24, 2.45) is 5.92 Å². The van der Waals surface area contributed by atoms with Crippen LogP contribution in [0.5, 0.6) is 0 Å². The Morgan fingerprint density at radius 1 is 0.841 bits per heavy atom. The molecule has 1 unspecified atom stereocenters. The zero-order valence-corrected chi connectivity index (χ0v) is 26.3. The van der Waals surface area contributed by atoms with Gasteiger partial charge >= 0.3 is 0 Å². The molecule has 44 heavy (non-hydrogen) atoms. The number of amides is 2. The van der Waals surface area contributed by atoms with Crippen LogP contribution in [-0.2, 0) is 9.59 Å². The van der Waals surface area contributed by atoms with Crippen molar-refractivity contribution in [2.75, 3.05) is 11.4 Å². The molecule has 0 fully saturated rings. The number of hydrogen-bond donors (Lipinski definition) is 0. The Bertz CT molecular complexity index is 1670. The van der Waals surface area contributed by atoms with Crippen LogP contribution in [-0.4, -0.2) is 23.3 Å². The van der Waals surface area contributed by atoms with Gasteiger partial charge in [-0.2, -0.15) is 5.26 Å². The van der Waals surface area contributed by atoms with Gasteiger partial charge in [-0.3, -0.25) is 14.5 Å². The molecule has 1 aliphatic heterocycles. The smallest absolute Gasteiger partial charge is 0.271 e. The number of nitriles is 1. The Morgan fingerprint density at radius 2 is 1.45 bits per heavy atom. The Labute approximate surface area is 264 Å². The molecule has 1 aromatic heterocycles. The fourth-order valence-corrected chi connectivity index (χ4v) is 6.53. The van der Waals surface area contributed by atoms with Crippen molar-refractivity contribution >= 4 is 46.3 Å². The maximum absolute atomic E-state index is 13.6. The lowest BCUT2D eigenvalue weighted by Gasteiger charge is -2.30. The highest BCUT2D eigenvalue weighted by atomic mass is 32.1. The molecule has 2 heterocycles. The van der Waals surface area contributed by atoms with Crippen LogP contribution >= 0.6 is 11.3 Å². The molecule has 0 radical (unpaired) electrons. The Kier molecular flexibility index (Phi) is 9.89. The second kappa shape index (κ2) is 14.2. The van der Waals surface area contributed by atoms with Crippen molar-refractivity contribution in [3.63, 3.8) is 0 Å². The summed E-state index contributed by atoms with van der Waals surface area (Å²) in [6.07, 6.45) is 5.77. The van der Waals surface area contributed by atoms with E-state index in [0.29, 0.717) is 17.7 Å². The maximum Gasteiger partial charge on any atom is 0.271 e. The number of para-hydroxylation sites is 2. The van der Waals surface area contributed by atoms with E-state index >= 15 is 0 Å². The van der Waals surface area contributed by atoms with Gasteiger partial charge in [0.05, 0.1) is 0 Å². The molecule has 0 spiro atoms. The number of nitrogens with zero attached hydrogens (tertiary/aromatic N) is 3. The lowest BCUT2D eigenvalue weighted by molar-refractivity contribution is -0.141. The van der Waals surface area contributed by atoms with Gasteiger partial charge in [0.1, 0.15) is 11.6 Å². The SMILES string of the molecule is CCCCC(CC)CN1C(=O)C(C#N)=C(C)/C(=C/c2ccc(-c3ccc(N(c4ccccc4)c4ccccc4)cc3)s2)C1=O. The number of rotatable bonds is 11. The van der Waals surface area contributed by atoms with E-state index in [1.807, 2.05) is 48.5 Å². The van der Waals surface area contributed by atoms with E-state index in [2.05, 4.69) is 79.4 Å². The molecule has 4 aromatic rings. The van der Waals surface area contributed by atoms with Crippen LogP contribution in [0.3, 0.4) is 0 Å². The largest absolute Gasteiger partial charge is 0.311 e. The minimum absolute atomic E-state index is 0.0509. The molecule has 0 saturated heterocycles. The van der Waals surface area contributed by atoms with Crippen LogP contribution in [0.4, 0.5) is 17.1 Å². The normalized spacial score (nSPS) is 15.0. The molecule has 1 aliphatic rings. The van der Waals surface area contributed by atoms with Gasteiger partial charge in [0.25, 0.3) is 11.8 Å². The number of benzene rings is 3. The van der Waals surface area contributed by atoms with E-state index in [1.54, 1.807) is 18.3 Å². The van der Waals surface area contributed by atoms with Gasteiger partial charge in [0.15, 0.2) is 0 Å². The van der Waals surface area contributed by atoms with Crippen LogP contribution in [0.25, 0.3) is 16.5 Å². The van der Waals surface area contributed by atoms with Gasteiger partial charge in [-0.05, 0) is 85.0 Å². The number of imide groups is 1. The van der Waals surface area contributed by atoms with Gasteiger partial charge in [-0.1, -0.05) is 81.6 Å². The first-order valence-corrected chi connectivity index (χ1v) is 16.1. The second-order valence-electron chi connectivity index (χ2n) is 11.1. The molecule has 5 nitrogen and oxygen atoms in total. The number of carbonyl (C=O) groups excluding carboxylic acids is 2. The molecule has 0 saturated carbocycles. The van der Waals surface area contributed by atoms with Crippen LogP contribution in [0.1, 0.15) is 51.3 Å². The number of unbranched alkanes of at least 4 members (excludes halogenated alkanes) is 1. The highest BCUT2D eigenvalue weighted by molar-refractivity contribution is 7.16. The Hall–Kier alpha value is -4.73. The third kappa shape index (κ3) is 6.59. The summed E-state index contributed by atoms with van der Waals surface area (Å²) >= 11 is 1.58. The summed E-state index contributed by atoms with van der Waals surface area (Å²) in [7, 11) is 0. The Balaban J connectivity index is 1.42. The first kappa shape index (κ1) is 30.7. The summed E-state index contributed by atoms with van der Waals surface area (Å²) in [5.41, 5.74) is 5.20. The Morgan fingerprint density at radius 3 is 2.02 bits per heavy atom. The predicted molar refractivity (Wildman–Crippen MR) is 181 cm³/mol. The molecule has 0 aliphatic carbocycles. The minimum Gasteiger partial charge on any atom is -0.311 e. The molecule has 222 valence electrons. The lowest BCUT2D eigenvalue weighted by atomic mass is 9.92. The lowest BCUT2D eigenvalue weighted by Crippen LogP contribution is -2.45. The standard InChI is InChI=1S/C38H37N3O2S/c1-4-6-13-28(5-2)26-40-37(42)34(27(3)35(25-39)38(40)43)24-33-22-23-36(44-33)29-18-20-32(21-19-29)41(30-14-9-7-10-15-30)31-16-11-8-12-17-31/h7-12,14-24,28H,4-6,13,26H2,1-3H3/b34-24-. The van der Waals surface area contributed by atoms with Gasteiger partial charge in [-0.25, -0.2) is 0 Å². The van der Waals surface area contributed by atoms with Crippen LogP contribution < -0.4 is 4.90 Å². The summed E-state index contributed by atoms with van der Waals surface area (Å²) in [5, 5.41) is 9.82. The summed E-state index contributed by atoms with van der Waals surface area (Å²) in [5.74, 6) is -0.574. The van der Waals surface area contributed by atoms with Crippen molar-refractivity contribution in [1.29, 1.82) is 5.26 Å². The summed E-state index contributed by atoms with van der Waals surface area (Å²) in [6, 6.07) is 35.2. The van der Waals surface area contributed by atoms with Crippen LogP contribution in [0.15, 0.2) is 114 Å². The van der Waals surface area contributed by atoms with Crippen molar-refractivity contribution in [3.8, 4) is 16.5 Å². The maximum atomic E-state index is 13.6. The van der Waals surface area contributed by atoms with E-state index in [0.717, 1.165) is 58.1 Å². The quantitative estimate of drug-likeness (QED) is 0.127. The third-order valence-corrected chi connectivity index (χ3v) is 9.24. The highest BCUT2D eigenvalue weighted by Gasteiger charge is 2.36. The number of carbonyl (C=O) groups is 2. The van der Waals surface area contributed by atoms with Crippen LogP contribution in [0.2, 0.25) is 0 Å². The fourth-order valence-electron chi connectivity index (χ4n) is 5.57. The molecule has 1 atom stereocenters. The van der Waals surface area contributed by atoms with Gasteiger partial charge in [-0.15, -0.1) is 11.3 Å². The molecular formula is C38H37N3O2S. The zero-order chi connectivity index (χ0) is 31.1. The van der Waals surface area contributed by atoms with E-state index in [-0.39, 0.29) is 17.4 Å². The molecule has 2 amide bonds. The molecule has 0 bridgehead atoms. The molecule has 3 aromatic carbocycles. The summed E-state index contributed by atoms with van der Waals surface area (Å²) < 4.78 is 0. The van der Waals surface area contributed by atoms with Gasteiger partial charge in [0, 0.05) is 38.9 Å². The first-order chi connectivity index (χ1) is 21.4. The second-order valence-corrected chi connectivity index (χ2v) is 12.2. The average molecular weight is 600 g/mol. The average Bonchev–Trinajstić information content (AvgIpc) is 3.53. The first-order valence-electron chi connectivity index (χ1n) is 15.2. The minimum atomic E-state index is -0.478. The van der Waals surface area contributed by atoms with E-state index in [1.165, 1.54) is 4.90 Å². The number of hydrogen-bond acceptors (Lipinski definition) is 5. The zero-order valence-electron chi connectivity index (χ0n) is 25.5. The van der Waals surface area contributed by atoms with Crippen LogP contribution in [0, 0.1) is 17.2 Å². The number of thiophene rings is 1. The van der Waals surface area contributed by atoms with Crippen molar-refractivity contribution < 1.29 is 9.59 Å². The van der Waals surface area contributed by atoms with E-state index in [4.69, 9.17) is 0 Å². The molecule has 0 N–H and O–H groups in total. The predicted octanol–water partition coefficient (Wildman–Crippen LogP) is 9.69. The van der Waals surface area contributed by atoms with E-state index < -0.39 is 5.91 Å². The van der Waals surface area contributed by atoms with Gasteiger partial charge in [0.2, 0.25) is 0 Å². The molecule has 6 heteroatoms. The highest BCUT2D eigenvalue weighted by Crippen LogP contribution is 2.37. The molecule has 5 rings (SSSR count). The van der Waals surface area contributed by atoms with Gasteiger partial charge < -0.3 is 4.90 Å². The third-order valence-electron chi connectivity index (χ3n) is 8.16. The van der Waals surface area contributed by atoms with Crippen molar-refractivity contribution in [3.05, 3.63) is 119 Å². The monoisotopic (exact) mass is 599 g/mol. The topological polar surface area (TPSA) is 64.4 Å². The van der Waals surface area contributed by atoms with Crippen molar-refractivity contribution in [2.45, 2.75) is 46.5 Å². The summed E-state index contributed by atoms with van der Waals surface area (Å²) in [4.78, 5) is 32.3. The summed E-state index contributed by atoms with van der Waals surface area (Å²) in [6.45, 7) is 6.26. The number of anilines is 3. The van der Waals surface area contributed by atoms with E-state index in [9.17, 15) is 14.9 Å². The molecular weight excluding hydrogens is 563 g/mol.